The molecule has 0 aliphatic carbocycles. The first-order chi connectivity index (χ1) is 24.7. The number of nitriles is 3. The van der Waals surface area contributed by atoms with Crippen LogP contribution in [0.4, 0.5) is 0 Å². The van der Waals surface area contributed by atoms with E-state index in [-0.39, 0.29) is 0 Å². The van der Waals surface area contributed by atoms with Crippen molar-refractivity contribution in [2.75, 3.05) is 0 Å². The first kappa shape index (κ1) is 28.8. The fourth-order valence-electron chi connectivity index (χ4n) is 7.45. The summed E-state index contributed by atoms with van der Waals surface area (Å²) >= 11 is 0. The molecule has 0 N–H and O–H groups in total. The Morgan fingerprint density at radius 3 is 1.56 bits per heavy atom. The summed E-state index contributed by atoms with van der Waals surface area (Å²) in [6, 6.07) is 57.9. The summed E-state index contributed by atoms with van der Waals surface area (Å²) < 4.78 is 4.42. The third kappa shape index (κ3) is 4.31. The summed E-state index contributed by atoms with van der Waals surface area (Å²) in [5.74, 6) is 0. The van der Waals surface area contributed by atoms with Gasteiger partial charge in [-0.25, -0.2) is 0 Å². The summed E-state index contributed by atoms with van der Waals surface area (Å²) in [4.78, 5) is 0. The van der Waals surface area contributed by atoms with Crippen molar-refractivity contribution in [1.82, 2.24) is 9.13 Å². The number of fused-ring (bicyclic) bond motifs is 6. The van der Waals surface area contributed by atoms with Gasteiger partial charge < -0.3 is 9.13 Å². The summed E-state index contributed by atoms with van der Waals surface area (Å²) in [5.41, 5.74) is 11.9. The van der Waals surface area contributed by atoms with Crippen LogP contribution in [0.25, 0.3) is 77.2 Å². The molecule has 0 saturated heterocycles. The van der Waals surface area contributed by atoms with Crippen molar-refractivity contribution in [2.24, 2.45) is 0 Å². The van der Waals surface area contributed by atoms with E-state index in [1.165, 1.54) is 0 Å². The van der Waals surface area contributed by atoms with Crippen LogP contribution in [0.5, 0.6) is 0 Å². The zero-order valence-electron chi connectivity index (χ0n) is 26.7. The lowest BCUT2D eigenvalue weighted by Crippen LogP contribution is -1.98. The molecule has 7 aromatic carbocycles. The molecule has 0 saturated carbocycles. The molecule has 2 aromatic heterocycles. The minimum Gasteiger partial charge on any atom is -0.309 e. The maximum atomic E-state index is 9.99. The van der Waals surface area contributed by atoms with Crippen LogP contribution in [0.15, 0.2) is 152 Å². The van der Waals surface area contributed by atoms with Gasteiger partial charge >= 0.3 is 0 Å². The van der Waals surface area contributed by atoms with E-state index in [0.29, 0.717) is 16.7 Å². The predicted octanol–water partition coefficient (Wildman–Crippen LogP) is 10.8. The molecule has 0 atom stereocenters. The summed E-state index contributed by atoms with van der Waals surface area (Å²) in [7, 11) is 0. The van der Waals surface area contributed by atoms with Gasteiger partial charge in [-0.1, -0.05) is 78.9 Å². The van der Waals surface area contributed by atoms with E-state index >= 15 is 0 Å². The van der Waals surface area contributed by atoms with Crippen LogP contribution in [0.2, 0.25) is 0 Å². The van der Waals surface area contributed by atoms with E-state index in [1.807, 2.05) is 66.7 Å². The van der Waals surface area contributed by atoms with Gasteiger partial charge in [0.2, 0.25) is 0 Å². The summed E-state index contributed by atoms with van der Waals surface area (Å²) in [6.07, 6.45) is 0. The Hall–Kier alpha value is -7.39. The Kier molecular flexibility index (Phi) is 6.56. The van der Waals surface area contributed by atoms with Crippen molar-refractivity contribution in [2.45, 2.75) is 0 Å². The fraction of sp³-hybridized carbons (Fsp3) is 0. The lowest BCUT2D eigenvalue weighted by Gasteiger charge is -2.17. The average Bonchev–Trinajstić information content (AvgIpc) is 3.69. The van der Waals surface area contributed by atoms with E-state index in [2.05, 4.69) is 112 Å². The zero-order chi connectivity index (χ0) is 33.8. The lowest BCUT2D eigenvalue weighted by molar-refractivity contribution is 1.17. The molecule has 9 rings (SSSR count). The zero-order valence-corrected chi connectivity index (χ0v) is 26.7. The highest BCUT2D eigenvalue weighted by Crippen LogP contribution is 2.42. The fourth-order valence-corrected chi connectivity index (χ4v) is 7.45. The summed E-state index contributed by atoms with van der Waals surface area (Å²) in [5, 5.41) is 33.6. The van der Waals surface area contributed by atoms with Crippen molar-refractivity contribution in [3.63, 3.8) is 0 Å². The Morgan fingerprint density at radius 1 is 0.360 bits per heavy atom. The highest BCUT2D eigenvalue weighted by atomic mass is 15.0. The Balaban J connectivity index is 1.29. The average molecular weight is 636 g/mol. The van der Waals surface area contributed by atoms with Crippen LogP contribution >= 0.6 is 0 Å². The molecular formula is C45H25N5. The highest BCUT2D eigenvalue weighted by Gasteiger charge is 2.20. The lowest BCUT2D eigenvalue weighted by atomic mass is 9.92. The quantitative estimate of drug-likeness (QED) is 0.193. The van der Waals surface area contributed by atoms with Gasteiger partial charge in [0, 0.05) is 27.1 Å². The predicted molar refractivity (Wildman–Crippen MR) is 200 cm³/mol. The first-order valence-electron chi connectivity index (χ1n) is 16.3. The second kappa shape index (κ2) is 11.4. The Morgan fingerprint density at radius 2 is 0.860 bits per heavy atom. The third-order valence-corrected chi connectivity index (χ3v) is 9.63. The molecule has 0 aliphatic heterocycles. The van der Waals surface area contributed by atoms with Crippen LogP contribution < -0.4 is 0 Å². The van der Waals surface area contributed by atoms with Gasteiger partial charge in [0.25, 0.3) is 0 Å². The summed E-state index contributed by atoms with van der Waals surface area (Å²) in [6.45, 7) is 0. The Labute approximate surface area is 287 Å². The number of aromatic nitrogens is 2. The van der Waals surface area contributed by atoms with Crippen molar-refractivity contribution in [3.8, 4) is 51.8 Å². The molecule has 0 spiro atoms. The van der Waals surface area contributed by atoms with Crippen LogP contribution in [0, 0.1) is 34.0 Å². The molecule has 0 radical (unpaired) electrons. The van der Waals surface area contributed by atoms with Crippen LogP contribution in [0.1, 0.15) is 16.7 Å². The number of rotatable bonds is 4. The van der Waals surface area contributed by atoms with Crippen molar-refractivity contribution in [3.05, 3.63) is 168 Å². The normalized spacial score (nSPS) is 11.1. The molecule has 50 heavy (non-hydrogen) atoms. The number of hydrogen-bond donors (Lipinski definition) is 0. The van der Waals surface area contributed by atoms with Crippen molar-refractivity contribution < 1.29 is 0 Å². The number of hydrogen-bond acceptors (Lipinski definition) is 3. The van der Waals surface area contributed by atoms with Gasteiger partial charge in [-0.05, 0) is 89.5 Å². The molecule has 0 unspecified atom stereocenters. The van der Waals surface area contributed by atoms with E-state index in [9.17, 15) is 15.8 Å². The third-order valence-electron chi connectivity index (χ3n) is 9.63. The monoisotopic (exact) mass is 635 g/mol. The molecule has 230 valence electrons. The van der Waals surface area contributed by atoms with Crippen molar-refractivity contribution in [1.29, 1.82) is 15.8 Å². The SMILES string of the molecule is N#Cc1ccc2c(c1)c1cc(-c3ccccc3-c3ccccc3-n3c4ccccc4c4cc(C#N)ccc43)ccc1n2-c1ccccc1C#N. The number of nitrogens with zero attached hydrogens (tertiary/aromatic N) is 5. The second-order valence-electron chi connectivity index (χ2n) is 12.3. The minimum absolute atomic E-state index is 0.579. The van der Waals surface area contributed by atoms with Gasteiger partial charge in [-0.15, -0.1) is 0 Å². The van der Waals surface area contributed by atoms with E-state index < -0.39 is 0 Å². The maximum Gasteiger partial charge on any atom is 0.101 e. The number of benzene rings is 7. The van der Waals surface area contributed by atoms with Crippen LogP contribution in [-0.2, 0) is 0 Å². The van der Waals surface area contributed by atoms with Crippen LogP contribution in [0.3, 0.4) is 0 Å². The second-order valence-corrected chi connectivity index (χ2v) is 12.3. The van der Waals surface area contributed by atoms with E-state index in [4.69, 9.17) is 0 Å². The topological polar surface area (TPSA) is 81.2 Å². The smallest absolute Gasteiger partial charge is 0.101 e. The van der Waals surface area contributed by atoms with Gasteiger partial charge in [0.15, 0.2) is 0 Å². The molecule has 9 aromatic rings. The largest absolute Gasteiger partial charge is 0.309 e. The molecule has 5 nitrogen and oxygen atoms in total. The molecule has 0 fully saturated rings. The molecule has 0 bridgehead atoms. The minimum atomic E-state index is 0.579. The van der Waals surface area contributed by atoms with Gasteiger partial charge in [-0.3, -0.25) is 0 Å². The highest BCUT2D eigenvalue weighted by molar-refractivity contribution is 6.12. The maximum absolute atomic E-state index is 9.99. The standard InChI is InChI=1S/C45H25N5/c46-26-29-17-20-43-37(23-29)36-13-5-8-16-42(36)50(43)41-15-7-4-12-35(41)34-11-3-2-10-33(34)31-19-22-45-39(25-31)38-24-30(27-47)18-21-44(38)49(45)40-14-6-1-9-32(40)28-48/h1-25H. The van der Waals surface area contributed by atoms with Gasteiger partial charge in [0.1, 0.15) is 6.07 Å². The molecule has 0 amide bonds. The molecule has 5 heteroatoms. The van der Waals surface area contributed by atoms with Crippen LogP contribution in [-0.4, -0.2) is 9.13 Å². The van der Waals surface area contributed by atoms with Gasteiger partial charge in [-0.2, -0.15) is 15.8 Å². The molecule has 0 aliphatic rings. The van der Waals surface area contributed by atoms with E-state index in [1.54, 1.807) is 0 Å². The number of para-hydroxylation sites is 3. The van der Waals surface area contributed by atoms with E-state index in [0.717, 1.165) is 77.2 Å². The molecular weight excluding hydrogens is 611 g/mol. The van der Waals surface area contributed by atoms with Crippen molar-refractivity contribution >= 4 is 43.6 Å². The van der Waals surface area contributed by atoms with Gasteiger partial charge in [0.05, 0.1) is 62.3 Å². The Bertz CT molecular complexity index is 2970. The molecule has 2 heterocycles. The first-order valence-corrected chi connectivity index (χ1v) is 16.3.